The van der Waals surface area contributed by atoms with E-state index in [1.165, 1.54) is 11.3 Å². The van der Waals surface area contributed by atoms with Gasteiger partial charge in [-0.25, -0.2) is 0 Å². The SMILES string of the molecule is COCC(Cc1ccccc1)NC(=O)c1c(C)csc1NC(=O)c1ccccc1. The Balaban J connectivity index is 1.74. The molecule has 29 heavy (non-hydrogen) atoms. The zero-order valence-corrected chi connectivity index (χ0v) is 17.3. The van der Waals surface area contributed by atoms with Crippen LogP contribution in [0.5, 0.6) is 0 Å². The molecule has 3 aromatic rings. The standard InChI is InChI=1S/C23H24N2O3S/c1-16-15-29-23(25-21(26)18-11-7-4-8-12-18)20(16)22(27)24-19(14-28-2)13-17-9-5-3-6-10-17/h3-12,15,19H,13-14H2,1-2H3,(H,24,27)(H,25,26). The normalized spacial score (nSPS) is 11.7. The summed E-state index contributed by atoms with van der Waals surface area (Å²) in [6.07, 6.45) is 0.662. The van der Waals surface area contributed by atoms with Gasteiger partial charge in [0.05, 0.1) is 18.2 Å². The van der Waals surface area contributed by atoms with Crippen LogP contribution in [0.4, 0.5) is 5.00 Å². The number of aryl methyl sites for hydroxylation is 1. The lowest BCUT2D eigenvalue weighted by Gasteiger charge is -2.19. The highest BCUT2D eigenvalue weighted by atomic mass is 32.1. The van der Waals surface area contributed by atoms with Gasteiger partial charge in [0.15, 0.2) is 0 Å². The van der Waals surface area contributed by atoms with Crippen LogP contribution in [0.3, 0.4) is 0 Å². The minimum absolute atomic E-state index is 0.174. The molecule has 150 valence electrons. The molecule has 1 unspecified atom stereocenters. The smallest absolute Gasteiger partial charge is 0.256 e. The van der Waals surface area contributed by atoms with E-state index in [0.29, 0.717) is 29.2 Å². The summed E-state index contributed by atoms with van der Waals surface area (Å²) < 4.78 is 5.30. The minimum Gasteiger partial charge on any atom is -0.383 e. The Morgan fingerprint density at radius 1 is 1.00 bits per heavy atom. The summed E-state index contributed by atoms with van der Waals surface area (Å²) in [6, 6.07) is 18.7. The van der Waals surface area contributed by atoms with Crippen LogP contribution in [0.15, 0.2) is 66.0 Å². The van der Waals surface area contributed by atoms with Gasteiger partial charge >= 0.3 is 0 Å². The second-order valence-corrected chi connectivity index (χ2v) is 7.64. The fraction of sp³-hybridized carbons (Fsp3) is 0.217. The topological polar surface area (TPSA) is 67.4 Å². The molecular weight excluding hydrogens is 384 g/mol. The van der Waals surface area contributed by atoms with Gasteiger partial charge in [-0.2, -0.15) is 0 Å². The molecule has 0 fully saturated rings. The molecule has 0 bridgehead atoms. The van der Waals surface area contributed by atoms with Crippen molar-refractivity contribution in [2.75, 3.05) is 19.0 Å². The first-order valence-electron chi connectivity index (χ1n) is 9.36. The molecule has 0 spiro atoms. The Hall–Kier alpha value is -2.96. The van der Waals surface area contributed by atoms with Crippen molar-refractivity contribution in [3.63, 3.8) is 0 Å². The molecule has 5 nitrogen and oxygen atoms in total. The molecule has 0 saturated heterocycles. The molecular formula is C23H24N2O3S. The molecule has 0 saturated carbocycles. The Morgan fingerprint density at radius 2 is 1.66 bits per heavy atom. The first-order chi connectivity index (χ1) is 14.1. The maximum atomic E-state index is 13.0. The van der Waals surface area contributed by atoms with Crippen LogP contribution in [0.2, 0.25) is 0 Å². The number of thiophene rings is 1. The van der Waals surface area contributed by atoms with Crippen LogP contribution in [0.1, 0.15) is 31.8 Å². The zero-order valence-electron chi connectivity index (χ0n) is 16.5. The molecule has 2 aromatic carbocycles. The maximum absolute atomic E-state index is 13.0. The van der Waals surface area contributed by atoms with Crippen molar-refractivity contribution in [2.45, 2.75) is 19.4 Å². The quantitative estimate of drug-likeness (QED) is 0.584. The number of benzene rings is 2. The summed E-state index contributed by atoms with van der Waals surface area (Å²) in [6.45, 7) is 2.27. The summed E-state index contributed by atoms with van der Waals surface area (Å²) in [5.74, 6) is -0.454. The summed E-state index contributed by atoms with van der Waals surface area (Å²) in [4.78, 5) is 25.5. The van der Waals surface area contributed by atoms with Crippen molar-refractivity contribution in [1.29, 1.82) is 0 Å². The largest absolute Gasteiger partial charge is 0.383 e. The zero-order chi connectivity index (χ0) is 20.6. The van der Waals surface area contributed by atoms with Crippen LogP contribution in [-0.4, -0.2) is 31.6 Å². The van der Waals surface area contributed by atoms with E-state index in [-0.39, 0.29) is 17.9 Å². The molecule has 1 atom stereocenters. The van der Waals surface area contributed by atoms with Gasteiger partial charge in [-0.05, 0) is 42.0 Å². The van der Waals surface area contributed by atoms with Gasteiger partial charge in [0, 0.05) is 12.7 Å². The van der Waals surface area contributed by atoms with Gasteiger partial charge in [0.1, 0.15) is 5.00 Å². The number of carbonyl (C=O) groups is 2. The molecule has 1 aromatic heterocycles. The number of anilines is 1. The lowest BCUT2D eigenvalue weighted by molar-refractivity contribution is 0.0897. The molecule has 2 amide bonds. The Bertz CT molecular complexity index is 955. The molecule has 0 aliphatic carbocycles. The van der Waals surface area contributed by atoms with Crippen molar-refractivity contribution < 1.29 is 14.3 Å². The number of ether oxygens (including phenoxy) is 1. The molecule has 3 rings (SSSR count). The second kappa shape index (κ2) is 10.0. The van der Waals surface area contributed by atoms with Gasteiger partial charge in [0.25, 0.3) is 11.8 Å². The van der Waals surface area contributed by atoms with E-state index < -0.39 is 0 Å². The molecule has 2 N–H and O–H groups in total. The first kappa shape index (κ1) is 20.8. The fourth-order valence-electron chi connectivity index (χ4n) is 3.09. The number of nitrogens with one attached hydrogen (secondary N) is 2. The predicted molar refractivity (Wildman–Crippen MR) is 117 cm³/mol. The van der Waals surface area contributed by atoms with E-state index in [1.54, 1.807) is 31.4 Å². The second-order valence-electron chi connectivity index (χ2n) is 6.76. The van der Waals surface area contributed by atoms with Crippen molar-refractivity contribution in [3.8, 4) is 0 Å². The number of carbonyl (C=O) groups excluding carboxylic acids is 2. The van der Waals surface area contributed by atoms with Crippen molar-refractivity contribution in [2.24, 2.45) is 0 Å². The van der Waals surface area contributed by atoms with E-state index in [4.69, 9.17) is 4.74 Å². The predicted octanol–water partition coefficient (Wildman–Crippen LogP) is 4.30. The van der Waals surface area contributed by atoms with E-state index in [0.717, 1.165) is 11.1 Å². The van der Waals surface area contributed by atoms with Crippen LogP contribution >= 0.6 is 11.3 Å². The van der Waals surface area contributed by atoms with Crippen molar-refractivity contribution >= 4 is 28.2 Å². The van der Waals surface area contributed by atoms with Crippen LogP contribution in [-0.2, 0) is 11.2 Å². The number of amides is 2. The maximum Gasteiger partial charge on any atom is 0.256 e. The summed E-state index contributed by atoms with van der Waals surface area (Å²) in [7, 11) is 1.62. The minimum atomic E-state index is -0.237. The third-order valence-corrected chi connectivity index (χ3v) is 5.51. The summed E-state index contributed by atoms with van der Waals surface area (Å²) >= 11 is 1.35. The van der Waals surface area contributed by atoms with Gasteiger partial charge in [-0.3, -0.25) is 9.59 Å². The average Bonchev–Trinajstić information content (AvgIpc) is 3.09. The van der Waals surface area contributed by atoms with Crippen LogP contribution in [0, 0.1) is 6.92 Å². The number of rotatable bonds is 8. The monoisotopic (exact) mass is 408 g/mol. The Morgan fingerprint density at radius 3 is 2.31 bits per heavy atom. The highest BCUT2D eigenvalue weighted by Crippen LogP contribution is 2.28. The van der Waals surface area contributed by atoms with Crippen LogP contribution in [0.25, 0.3) is 0 Å². The van der Waals surface area contributed by atoms with Gasteiger partial charge < -0.3 is 15.4 Å². The number of hydrogen-bond acceptors (Lipinski definition) is 4. The molecule has 1 heterocycles. The van der Waals surface area contributed by atoms with Gasteiger partial charge in [-0.15, -0.1) is 11.3 Å². The van der Waals surface area contributed by atoms with E-state index in [9.17, 15) is 9.59 Å². The molecule has 0 aliphatic rings. The fourth-order valence-corrected chi connectivity index (χ4v) is 4.03. The van der Waals surface area contributed by atoms with Crippen molar-refractivity contribution in [3.05, 3.63) is 88.3 Å². The summed E-state index contributed by atoms with van der Waals surface area (Å²) in [5.41, 5.74) is 2.99. The van der Waals surface area contributed by atoms with Gasteiger partial charge in [0.2, 0.25) is 0 Å². The molecule has 0 radical (unpaired) electrons. The summed E-state index contributed by atoms with van der Waals surface area (Å²) in [5, 5.41) is 8.34. The highest BCUT2D eigenvalue weighted by molar-refractivity contribution is 7.15. The Labute approximate surface area is 174 Å². The third kappa shape index (κ3) is 5.53. The number of methoxy groups -OCH3 is 1. The highest BCUT2D eigenvalue weighted by Gasteiger charge is 2.22. The van der Waals surface area contributed by atoms with E-state index in [1.807, 2.05) is 48.7 Å². The lowest BCUT2D eigenvalue weighted by atomic mass is 10.1. The third-order valence-electron chi connectivity index (χ3n) is 4.49. The lowest BCUT2D eigenvalue weighted by Crippen LogP contribution is -2.40. The average molecular weight is 409 g/mol. The van der Waals surface area contributed by atoms with Gasteiger partial charge in [-0.1, -0.05) is 48.5 Å². The van der Waals surface area contributed by atoms with E-state index >= 15 is 0 Å². The van der Waals surface area contributed by atoms with E-state index in [2.05, 4.69) is 10.6 Å². The van der Waals surface area contributed by atoms with Crippen molar-refractivity contribution in [1.82, 2.24) is 5.32 Å². The first-order valence-corrected chi connectivity index (χ1v) is 10.2. The molecule has 0 aliphatic heterocycles. The number of hydrogen-bond donors (Lipinski definition) is 2. The Kier molecular flexibility index (Phi) is 7.16. The van der Waals surface area contributed by atoms with Crippen LogP contribution < -0.4 is 10.6 Å². The molecule has 6 heteroatoms.